The number of benzene rings is 2. The summed E-state index contributed by atoms with van der Waals surface area (Å²) >= 11 is 0. The molecule has 4 bridgehead atoms. The Hall–Kier alpha value is -3.64. The van der Waals surface area contributed by atoms with E-state index in [2.05, 4.69) is 22.3 Å². The molecule has 5 aliphatic rings. The normalized spacial score (nSPS) is 30.5. The van der Waals surface area contributed by atoms with Crippen LogP contribution in [-0.2, 0) is 16.3 Å². The second kappa shape index (κ2) is 10.2. The molecule has 1 aromatic heterocycles. The number of hydrogen-bond acceptors (Lipinski definition) is 6. The van der Waals surface area contributed by atoms with Gasteiger partial charge in [-0.2, -0.15) is 19.0 Å². The SMILES string of the molecule is CC(C)(O)c1ccc(-c2cccc(N(CC34CCCC(C3)C(c3noc(C(C)(F)F)n3)CC4)C(=O)C34CC(C#N)(C3)C4)c2)cc1. The highest BCUT2D eigenvalue weighted by molar-refractivity contribution is 6.00. The molecule has 9 heteroatoms. The van der Waals surface area contributed by atoms with Crippen molar-refractivity contribution < 1.29 is 23.2 Å². The molecule has 0 aliphatic heterocycles. The lowest BCUT2D eigenvalue weighted by atomic mass is 9.35. The number of hydrogen-bond donors (Lipinski definition) is 1. The minimum absolute atomic E-state index is 0.0364. The predicted molar refractivity (Wildman–Crippen MR) is 164 cm³/mol. The van der Waals surface area contributed by atoms with Crippen molar-refractivity contribution >= 4 is 11.6 Å². The third-order valence-electron chi connectivity index (χ3n) is 11.2. The largest absolute Gasteiger partial charge is 0.386 e. The fourth-order valence-electron chi connectivity index (χ4n) is 8.85. The number of halogens is 2. The summed E-state index contributed by atoms with van der Waals surface area (Å²) in [4.78, 5) is 20.6. The van der Waals surface area contributed by atoms with Crippen LogP contribution in [0.15, 0.2) is 53.1 Å². The standard InChI is InChI=1S/C36H40F2N4O3/c1-32(2,44)26-11-9-23(10-12-26)24-6-4-8-27(16-24)42(31(43)36-18-35(19-36,20-36)21-39)22-34-14-5-7-25(17-34)28(13-15-34)29-40-30(45-41-29)33(3,37)38/h4,6,8-12,16,25,28,44H,5,7,13-15,17-20,22H2,1-3H3. The van der Waals surface area contributed by atoms with E-state index in [0.29, 0.717) is 31.6 Å². The van der Waals surface area contributed by atoms with Gasteiger partial charge in [0.2, 0.25) is 5.91 Å². The maximum absolute atomic E-state index is 14.4. The zero-order chi connectivity index (χ0) is 31.8. The molecule has 45 heavy (non-hydrogen) atoms. The average Bonchev–Trinajstić information content (AvgIpc) is 3.46. The third kappa shape index (κ3) is 5.15. The quantitative estimate of drug-likeness (QED) is 0.277. The number of carbonyl (C=O) groups excluding carboxylic acids is 1. The van der Waals surface area contributed by atoms with Crippen molar-refractivity contribution in [2.24, 2.45) is 22.2 Å². The Morgan fingerprint density at radius 3 is 2.47 bits per heavy atom. The molecule has 8 rings (SSSR count). The molecule has 3 aromatic rings. The van der Waals surface area contributed by atoms with E-state index in [4.69, 9.17) is 4.52 Å². The Bertz CT molecular complexity index is 1640. The first-order chi connectivity index (χ1) is 21.2. The van der Waals surface area contributed by atoms with Gasteiger partial charge in [-0.05, 0) is 105 Å². The lowest BCUT2D eigenvalue weighted by molar-refractivity contribution is -0.182. The van der Waals surface area contributed by atoms with E-state index in [1.54, 1.807) is 13.8 Å². The number of fused-ring (bicyclic) bond motifs is 2. The van der Waals surface area contributed by atoms with Crippen LogP contribution in [0.4, 0.5) is 14.5 Å². The van der Waals surface area contributed by atoms with Gasteiger partial charge in [-0.1, -0.05) is 48.0 Å². The number of rotatable bonds is 8. The van der Waals surface area contributed by atoms with Crippen molar-refractivity contribution in [2.75, 3.05) is 11.4 Å². The molecule has 0 radical (unpaired) electrons. The van der Waals surface area contributed by atoms with Gasteiger partial charge in [-0.25, -0.2) is 0 Å². The Kier molecular flexibility index (Phi) is 6.80. The van der Waals surface area contributed by atoms with Gasteiger partial charge >= 0.3 is 5.92 Å². The molecule has 3 atom stereocenters. The molecule has 236 valence electrons. The molecule has 0 saturated heterocycles. The first-order valence-corrected chi connectivity index (χ1v) is 16.1. The lowest BCUT2D eigenvalue weighted by Gasteiger charge is -2.66. The van der Waals surface area contributed by atoms with E-state index < -0.39 is 22.8 Å². The van der Waals surface area contributed by atoms with Crippen molar-refractivity contribution in [3.8, 4) is 17.2 Å². The first-order valence-electron chi connectivity index (χ1n) is 16.1. The number of nitrogens with zero attached hydrogens (tertiary/aromatic N) is 4. The van der Waals surface area contributed by atoms with Gasteiger partial charge in [0.15, 0.2) is 5.82 Å². The molecule has 0 spiro atoms. The second-order valence-electron chi connectivity index (χ2n) is 15.1. The van der Waals surface area contributed by atoms with Gasteiger partial charge in [-0.3, -0.25) is 4.79 Å². The Morgan fingerprint density at radius 2 is 1.82 bits per heavy atom. The summed E-state index contributed by atoms with van der Waals surface area (Å²) in [5.41, 5.74) is 1.84. The minimum atomic E-state index is -3.17. The van der Waals surface area contributed by atoms with Crippen LogP contribution < -0.4 is 4.90 Å². The molecule has 5 saturated carbocycles. The summed E-state index contributed by atoms with van der Waals surface area (Å²) in [6.45, 7) is 4.88. The van der Waals surface area contributed by atoms with Crippen molar-refractivity contribution in [3.63, 3.8) is 0 Å². The summed E-state index contributed by atoms with van der Waals surface area (Å²) in [7, 11) is 0. The zero-order valence-electron chi connectivity index (χ0n) is 26.2. The molecule has 5 aliphatic carbocycles. The Labute approximate surface area is 262 Å². The van der Waals surface area contributed by atoms with Gasteiger partial charge in [0.25, 0.3) is 5.89 Å². The number of aromatic nitrogens is 2. The Morgan fingerprint density at radius 1 is 1.09 bits per heavy atom. The molecule has 7 nitrogen and oxygen atoms in total. The highest BCUT2D eigenvalue weighted by Gasteiger charge is 2.73. The van der Waals surface area contributed by atoms with Crippen LogP contribution >= 0.6 is 0 Å². The number of carbonyl (C=O) groups is 1. The number of anilines is 1. The van der Waals surface area contributed by atoms with E-state index in [1.807, 2.05) is 47.4 Å². The molecular formula is C36H40F2N4O3. The van der Waals surface area contributed by atoms with Crippen LogP contribution in [0.3, 0.4) is 0 Å². The summed E-state index contributed by atoms with van der Waals surface area (Å²) in [5.74, 6) is -3.12. The van der Waals surface area contributed by atoms with Crippen LogP contribution in [0.5, 0.6) is 0 Å². The van der Waals surface area contributed by atoms with Crippen LogP contribution in [0, 0.1) is 33.5 Å². The molecule has 1 heterocycles. The van der Waals surface area contributed by atoms with Crippen molar-refractivity contribution in [1.29, 1.82) is 5.26 Å². The number of amides is 1. The highest BCUT2D eigenvalue weighted by atomic mass is 19.3. The predicted octanol–water partition coefficient (Wildman–Crippen LogP) is 7.86. The number of nitriles is 1. The van der Waals surface area contributed by atoms with Gasteiger partial charge in [-0.15, -0.1) is 0 Å². The average molecular weight is 615 g/mol. The smallest absolute Gasteiger partial charge is 0.322 e. The zero-order valence-corrected chi connectivity index (χ0v) is 26.2. The molecule has 3 unspecified atom stereocenters. The third-order valence-corrected chi connectivity index (χ3v) is 11.2. The highest BCUT2D eigenvalue weighted by Crippen LogP contribution is 2.73. The second-order valence-corrected chi connectivity index (χ2v) is 15.1. The molecule has 1 N–H and O–H groups in total. The van der Waals surface area contributed by atoms with Crippen LogP contribution in [0.2, 0.25) is 0 Å². The molecule has 1 amide bonds. The van der Waals surface area contributed by atoms with E-state index >= 15 is 0 Å². The van der Waals surface area contributed by atoms with Gasteiger partial charge in [0.05, 0.1) is 22.5 Å². The topological polar surface area (TPSA) is 103 Å². The minimum Gasteiger partial charge on any atom is -0.386 e. The molecule has 2 aromatic carbocycles. The maximum atomic E-state index is 14.4. The Balaban J connectivity index is 1.17. The monoisotopic (exact) mass is 614 g/mol. The number of alkyl halides is 2. The summed E-state index contributed by atoms with van der Waals surface area (Å²) < 4.78 is 32.6. The maximum Gasteiger partial charge on any atom is 0.322 e. The van der Waals surface area contributed by atoms with E-state index in [1.165, 1.54) is 0 Å². The van der Waals surface area contributed by atoms with Crippen LogP contribution in [-0.4, -0.2) is 27.7 Å². The van der Waals surface area contributed by atoms with E-state index in [-0.39, 0.29) is 28.6 Å². The van der Waals surface area contributed by atoms with Crippen LogP contribution in [0.1, 0.15) is 102 Å². The van der Waals surface area contributed by atoms with Gasteiger partial charge < -0.3 is 14.5 Å². The van der Waals surface area contributed by atoms with E-state index in [0.717, 1.165) is 67.8 Å². The lowest BCUT2D eigenvalue weighted by Crippen LogP contribution is -2.68. The van der Waals surface area contributed by atoms with E-state index in [9.17, 15) is 23.9 Å². The van der Waals surface area contributed by atoms with Gasteiger partial charge in [0, 0.05) is 25.1 Å². The first kappa shape index (κ1) is 30.0. The van der Waals surface area contributed by atoms with Crippen molar-refractivity contribution in [3.05, 3.63) is 65.8 Å². The van der Waals surface area contributed by atoms with Crippen molar-refractivity contribution in [2.45, 2.75) is 96.0 Å². The number of aliphatic hydroxyl groups is 1. The van der Waals surface area contributed by atoms with Crippen molar-refractivity contribution in [1.82, 2.24) is 10.1 Å². The fourth-order valence-corrected chi connectivity index (χ4v) is 8.85. The summed E-state index contributed by atoms with van der Waals surface area (Å²) in [6.07, 6.45) is 7.33. The molecular weight excluding hydrogens is 574 g/mol. The van der Waals surface area contributed by atoms with Crippen LogP contribution in [0.25, 0.3) is 11.1 Å². The molecule has 5 fully saturated rings. The van der Waals surface area contributed by atoms with Gasteiger partial charge in [0.1, 0.15) is 0 Å². The fraction of sp³-hybridized carbons (Fsp3) is 0.556. The summed E-state index contributed by atoms with van der Waals surface area (Å²) in [5, 5.41) is 24.0. The summed E-state index contributed by atoms with van der Waals surface area (Å²) in [6, 6.07) is 18.4.